The van der Waals surface area contributed by atoms with Crippen LogP contribution < -0.4 is 10.6 Å². The molecule has 4 nitrogen and oxygen atoms in total. The smallest absolute Gasteiger partial charge is 0.414 e. The van der Waals surface area contributed by atoms with E-state index in [0.29, 0.717) is 19.7 Å². The van der Waals surface area contributed by atoms with Crippen LogP contribution in [-0.2, 0) is 11.2 Å². The van der Waals surface area contributed by atoms with Gasteiger partial charge in [-0.05, 0) is 18.1 Å². The van der Waals surface area contributed by atoms with Gasteiger partial charge in [0.1, 0.15) is 0 Å². The molecule has 0 spiro atoms. The number of nitrogens with zero attached hydrogens (tertiary/aromatic N) is 1. The second-order valence-corrected chi connectivity index (χ2v) is 4.27. The minimum Gasteiger partial charge on any atom is -0.449 e. The average molecular weight is 234 g/mol. The van der Waals surface area contributed by atoms with Gasteiger partial charge in [0, 0.05) is 19.0 Å². The summed E-state index contributed by atoms with van der Waals surface area (Å²) in [5.41, 5.74) is 7.74. The lowest BCUT2D eigenvalue weighted by Crippen LogP contribution is -2.45. The largest absolute Gasteiger partial charge is 0.449 e. The molecule has 0 radical (unpaired) electrons. The van der Waals surface area contributed by atoms with Crippen LogP contribution in [0.4, 0.5) is 10.5 Å². The van der Waals surface area contributed by atoms with Crippen LogP contribution in [0.15, 0.2) is 24.3 Å². The van der Waals surface area contributed by atoms with E-state index < -0.39 is 0 Å². The molecule has 0 bridgehead atoms. The van der Waals surface area contributed by atoms with Gasteiger partial charge >= 0.3 is 6.09 Å². The normalized spacial score (nSPS) is 20.2. The van der Waals surface area contributed by atoms with Gasteiger partial charge in [-0.15, -0.1) is 0 Å². The fourth-order valence-electron chi connectivity index (χ4n) is 2.06. The number of nitrogens with two attached hydrogens (primary N) is 1. The summed E-state index contributed by atoms with van der Waals surface area (Å²) in [7, 11) is 0. The third-order valence-electron chi connectivity index (χ3n) is 3.10. The number of anilines is 1. The summed E-state index contributed by atoms with van der Waals surface area (Å²) in [6.45, 7) is 3.69. The van der Waals surface area contributed by atoms with Gasteiger partial charge in [0.25, 0.3) is 0 Å². The first-order valence-corrected chi connectivity index (χ1v) is 5.98. The molecule has 17 heavy (non-hydrogen) atoms. The Kier molecular flexibility index (Phi) is 3.64. The molecule has 1 amide bonds. The van der Waals surface area contributed by atoms with Crippen molar-refractivity contribution in [1.29, 1.82) is 0 Å². The lowest BCUT2D eigenvalue weighted by atomic mass is 10.1. The van der Waals surface area contributed by atoms with E-state index in [1.807, 2.05) is 24.3 Å². The fourth-order valence-corrected chi connectivity index (χ4v) is 2.06. The maximum Gasteiger partial charge on any atom is 0.414 e. The number of aryl methyl sites for hydroxylation is 1. The Morgan fingerprint density at radius 1 is 1.47 bits per heavy atom. The molecule has 0 aliphatic carbocycles. The van der Waals surface area contributed by atoms with Crippen LogP contribution in [0, 0.1) is 5.92 Å². The summed E-state index contributed by atoms with van der Waals surface area (Å²) in [6.07, 6.45) is 0.628. The highest BCUT2D eigenvalue weighted by molar-refractivity contribution is 5.89. The molecule has 0 saturated carbocycles. The van der Waals surface area contributed by atoms with Crippen LogP contribution in [0.2, 0.25) is 0 Å². The first-order chi connectivity index (χ1) is 8.26. The van der Waals surface area contributed by atoms with Crippen molar-refractivity contribution >= 4 is 11.8 Å². The van der Waals surface area contributed by atoms with Crippen LogP contribution in [-0.4, -0.2) is 25.8 Å². The maximum atomic E-state index is 11.8. The number of ether oxygens (including phenoxy) is 1. The molecule has 1 aromatic rings. The van der Waals surface area contributed by atoms with Crippen molar-refractivity contribution in [1.82, 2.24) is 0 Å². The highest BCUT2D eigenvalue weighted by Gasteiger charge is 2.28. The van der Waals surface area contributed by atoms with E-state index >= 15 is 0 Å². The van der Waals surface area contributed by atoms with E-state index in [1.54, 1.807) is 4.90 Å². The minimum absolute atomic E-state index is 0.220. The number of amides is 1. The van der Waals surface area contributed by atoms with Gasteiger partial charge in [0.05, 0.1) is 12.3 Å². The van der Waals surface area contributed by atoms with Gasteiger partial charge in [-0.1, -0.05) is 25.1 Å². The number of hydrogen-bond donors (Lipinski definition) is 1. The van der Waals surface area contributed by atoms with Crippen LogP contribution in [0.1, 0.15) is 12.5 Å². The molecule has 1 aromatic carbocycles. The van der Waals surface area contributed by atoms with Crippen molar-refractivity contribution < 1.29 is 9.53 Å². The second kappa shape index (κ2) is 5.19. The SMILES string of the molecule is CCc1ccccc1N1CC(CN)COC1=O. The van der Waals surface area contributed by atoms with E-state index in [4.69, 9.17) is 10.5 Å². The zero-order chi connectivity index (χ0) is 12.3. The molecule has 4 heteroatoms. The Hall–Kier alpha value is -1.55. The molecule has 1 unspecified atom stereocenters. The van der Waals surface area contributed by atoms with E-state index in [9.17, 15) is 4.79 Å². The molecule has 1 aliphatic rings. The first-order valence-electron chi connectivity index (χ1n) is 5.98. The molecule has 1 heterocycles. The van der Waals surface area contributed by atoms with Crippen molar-refractivity contribution in [3.63, 3.8) is 0 Å². The Morgan fingerprint density at radius 2 is 2.24 bits per heavy atom. The lowest BCUT2D eigenvalue weighted by molar-refractivity contribution is 0.117. The van der Waals surface area contributed by atoms with E-state index in [1.165, 1.54) is 0 Å². The molecule has 1 saturated heterocycles. The molecule has 2 rings (SSSR count). The number of hydrogen-bond acceptors (Lipinski definition) is 3. The van der Waals surface area contributed by atoms with E-state index in [0.717, 1.165) is 17.7 Å². The summed E-state index contributed by atoms with van der Waals surface area (Å²) in [5, 5.41) is 0. The van der Waals surface area contributed by atoms with Crippen LogP contribution >= 0.6 is 0 Å². The van der Waals surface area contributed by atoms with Crippen LogP contribution in [0.5, 0.6) is 0 Å². The molecular formula is C13H18N2O2. The number of carbonyl (C=O) groups is 1. The monoisotopic (exact) mass is 234 g/mol. The fraction of sp³-hybridized carbons (Fsp3) is 0.462. The van der Waals surface area contributed by atoms with Crippen molar-refractivity contribution in [3.05, 3.63) is 29.8 Å². The van der Waals surface area contributed by atoms with Crippen LogP contribution in [0.25, 0.3) is 0 Å². The highest BCUT2D eigenvalue weighted by atomic mass is 16.6. The third kappa shape index (κ3) is 2.42. The summed E-state index contributed by atoms with van der Waals surface area (Å²) in [5.74, 6) is 0.220. The number of cyclic esters (lactones) is 1. The first kappa shape index (κ1) is 11.9. The van der Waals surface area contributed by atoms with Gasteiger partial charge in [-0.3, -0.25) is 4.90 Å². The summed E-state index contributed by atoms with van der Waals surface area (Å²) in [6, 6.07) is 7.92. The third-order valence-corrected chi connectivity index (χ3v) is 3.10. The summed E-state index contributed by atoms with van der Waals surface area (Å²) >= 11 is 0. The summed E-state index contributed by atoms with van der Waals surface area (Å²) in [4.78, 5) is 13.5. The Labute approximate surface area is 101 Å². The average Bonchev–Trinajstić information content (AvgIpc) is 2.39. The molecule has 92 valence electrons. The molecule has 0 aromatic heterocycles. The molecule has 2 N–H and O–H groups in total. The van der Waals surface area contributed by atoms with Crippen molar-refractivity contribution in [3.8, 4) is 0 Å². The van der Waals surface area contributed by atoms with Gasteiger partial charge in [-0.2, -0.15) is 0 Å². The zero-order valence-electron chi connectivity index (χ0n) is 10.1. The minimum atomic E-state index is -0.268. The quantitative estimate of drug-likeness (QED) is 0.867. The predicted octanol–water partition coefficient (Wildman–Crippen LogP) is 1.78. The Bertz CT molecular complexity index is 406. The van der Waals surface area contributed by atoms with Crippen LogP contribution in [0.3, 0.4) is 0 Å². The molecule has 1 fully saturated rings. The van der Waals surface area contributed by atoms with E-state index in [-0.39, 0.29) is 12.0 Å². The van der Waals surface area contributed by atoms with Gasteiger partial charge in [0.15, 0.2) is 0 Å². The zero-order valence-corrected chi connectivity index (χ0v) is 10.1. The highest BCUT2D eigenvalue weighted by Crippen LogP contribution is 2.25. The summed E-state index contributed by atoms with van der Waals surface area (Å²) < 4.78 is 5.15. The standard InChI is InChI=1S/C13H18N2O2/c1-2-11-5-3-4-6-12(11)15-8-10(7-14)9-17-13(15)16/h3-6,10H,2,7-9,14H2,1H3. The van der Waals surface area contributed by atoms with Crippen molar-refractivity contribution in [2.45, 2.75) is 13.3 Å². The molecule has 1 atom stereocenters. The number of benzene rings is 1. The maximum absolute atomic E-state index is 11.8. The predicted molar refractivity (Wildman–Crippen MR) is 67.1 cm³/mol. The van der Waals surface area contributed by atoms with Crippen molar-refractivity contribution in [2.75, 3.05) is 24.6 Å². The molecule has 1 aliphatic heterocycles. The lowest BCUT2D eigenvalue weighted by Gasteiger charge is -2.32. The van der Waals surface area contributed by atoms with E-state index in [2.05, 4.69) is 6.92 Å². The Balaban J connectivity index is 2.27. The number of para-hydroxylation sites is 1. The second-order valence-electron chi connectivity index (χ2n) is 4.27. The topological polar surface area (TPSA) is 55.6 Å². The van der Waals surface area contributed by atoms with Gasteiger partial charge in [-0.25, -0.2) is 4.79 Å². The molecular weight excluding hydrogens is 216 g/mol. The van der Waals surface area contributed by atoms with Gasteiger partial charge in [0.2, 0.25) is 0 Å². The number of carbonyl (C=O) groups excluding carboxylic acids is 1. The number of rotatable bonds is 3. The van der Waals surface area contributed by atoms with Gasteiger partial charge < -0.3 is 10.5 Å². The Morgan fingerprint density at radius 3 is 2.94 bits per heavy atom. The van der Waals surface area contributed by atoms with Crippen molar-refractivity contribution in [2.24, 2.45) is 11.7 Å².